The fraction of sp³-hybridized carbons (Fsp3) is 0.333. The van der Waals surface area contributed by atoms with Gasteiger partial charge in [-0.15, -0.1) is 0 Å². The van der Waals surface area contributed by atoms with Crippen LogP contribution < -0.4 is 5.32 Å². The Bertz CT molecular complexity index is 1250. The van der Waals surface area contributed by atoms with Gasteiger partial charge in [-0.05, 0) is 37.2 Å². The second kappa shape index (κ2) is 12.6. The van der Waals surface area contributed by atoms with Crippen LogP contribution in [0.2, 0.25) is 35.7 Å². The number of nitrogens with zero attached hydrogens (tertiary/aromatic N) is 1. The van der Waals surface area contributed by atoms with Crippen molar-refractivity contribution in [3.63, 3.8) is 0 Å². The Balaban J connectivity index is 1.97. The van der Waals surface area contributed by atoms with E-state index in [1.54, 1.807) is 35.8 Å². The number of fused-ring (bicyclic) bond motifs is 1. The monoisotopic (exact) mass is 546 g/mol. The molecule has 0 spiro atoms. The molecular weight excluding hydrogens is 515 g/mol. The quantitative estimate of drug-likeness (QED) is 0.154. The lowest BCUT2D eigenvalue weighted by Gasteiger charge is -2.16. The number of hydrogen-bond donors (Lipinski definition) is 1. The van der Waals surface area contributed by atoms with Gasteiger partial charge in [0.15, 0.2) is 0 Å². The van der Waals surface area contributed by atoms with Crippen molar-refractivity contribution in [1.82, 2.24) is 4.57 Å². The van der Waals surface area contributed by atoms with Crippen molar-refractivity contribution in [1.29, 1.82) is 0 Å². The van der Waals surface area contributed by atoms with E-state index in [4.69, 9.17) is 32.7 Å². The average molecular weight is 548 g/mol. The number of para-hydroxylation sites is 1. The van der Waals surface area contributed by atoms with Gasteiger partial charge >= 0.3 is 5.97 Å². The van der Waals surface area contributed by atoms with Gasteiger partial charge < -0.3 is 19.4 Å². The summed E-state index contributed by atoms with van der Waals surface area (Å²) >= 11 is 12.9. The van der Waals surface area contributed by atoms with E-state index in [-0.39, 0.29) is 25.7 Å². The molecule has 0 aliphatic heterocycles. The van der Waals surface area contributed by atoms with E-state index in [1.807, 2.05) is 30.3 Å². The highest BCUT2D eigenvalue weighted by molar-refractivity contribution is 6.76. The highest BCUT2D eigenvalue weighted by Crippen LogP contribution is 2.36. The minimum atomic E-state index is -1.28. The molecule has 0 aliphatic rings. The van der Waals surface area contributed by atoms with E-state index in [2.05, 4.69) is 25.0 Å². The number of rotatable bonds is 11. The minimum absolute atomic E-state index is 0.113. The number of nitrogens with one attached hydrogen (secondary N) is 1. The van der Waals surface area contributed by atoms with Crippen LogP contribution in [0.1, 0.15) is 29.4 Å². The molecule has 3 aromatic rings. The van der Waals surface area contributed by atoms with Gasteiger partial charge in [-0.1, -0.05) is 73.2 Å². The van der Waals surface area contributed by atoms with E-state index in [0.29, 0.717) is 44.5 Å². The molecule has 9 heteroatoms. The molecule has 3 rings (SSSR count). The molecule has 0 atom stereocenters. The molecule has 0 saturated heterocycles. The van der Waals surface area contributed by atoms with Crippen LogP contribution in [-0.2, 0) is 21.0 Å². The SMILES string of the molecule is CCOC(=O)c1c(C=CCC(=O)Nc2ccccc2)c2c(Cl)cc(Cl)cc2n1COCC[Si](C)(C)C. The van der Waals surface area contributed by atoms with Crippen molar-refractivity contribution in [2.45, 2.75) is 45.8 Å². The number of esters is 1. The molecule has 1 N–H and O–H groups in total. The summed E-state index contributed by atoms with van der Waals surface area (Å²) in [5.41, 5.74) is 2.25. The molecule has 0 aliphatic carbocycles. The van der Waals surface area contributed by atoms with Crippen LogP contribution in [0.5, 0.6) is 0 Å². The summed E-state index contributed by atoms with van der Waals surface area (Å²) in [6.45, 7) is 9.53. The number of aromatic nitrogens is 1. The third-order valence-corrected chi connectivity index (χ3v) is 7.67. The first-order valence-electron chi connectivity index (χ1n) is 11.9. The van der Waals surface area contributed by atoms with Crippen molar-refractivity contribution in [2.75, 3.05) is 18.5 Å². The first-order valence-corrected chi connectivity index (χ1v) is 16.3. The molecule has 0 bridgehead atoms. The molecule has 1 aromatic heterocycles. The first kappa shape index (κ1) is 28.0. The predicted octanol–water partition coefficient (Wildman–Crippen LogP) is 7.48. The second-order valence-corrected chi connectivity index (χ2v) is 16.0. The predicted molar refractivity (Wildman–Crippen MR) is 151 cm³/mol. The van der Waals surface area contributed by atoms with Crippen LogP contribution in [0.3, 0.4) is 0 Å². The van der Waals surface area contributed by atoms with Gasteiger partial charge in [0, 0.05) is 42.8 Å². The first-order chi connectivity index (χ1) is 17.1. The minimum Gasteiger partial charge on any atom is -0.461 e. The van der Waals surface area contributed by atoms with Crippen molar-refractivity contribution in [2.24, 2.45) is 0 Å². The van der Waals surface area contributed by atoms with E-state index in [1.165, 1.54) is 0 Å². The number of anilines is 1. The summed E-state index contributed by atoms with van der Waals surface area (Å²) in [6, 6.07) is 13.6. The molecule has 6 nitrogen and oxygen atoms in total. The molecule has 0 saturated carbocycles. The maximum absolute atomic E-state index is 13.1. The summed E-state index contributed by atoms with van der Waals surface area (Å²) < 4.78 is 13.1. The Morgan fingerprint density at radius 1 is 1.11 bits per heavy atom. The van der Waals surface area contributed by atoms with Gasteiger partial charge in [-0.2, -0.15) is 0 Å². The zero-order valence-electron chi connectivity index (χ0n) is 21.1. The Morgan fingerprint density at radius 3 is 2.50 bits per heavy atom. The number of amides is 1. The van der Waals surface area contributed by atoms with Gasteiger partial charge in [0.1, 0.15) is 12.4 Å². The summed E-state index contributed by atoms with van der Waals surface area (Å²) in [7, 11) is -1.28. The Labute approximate surface area is 223 Å². The van der Waals surface area contributed by atoms with Gasteiger partial charge in [0.2, 0.25) is 5.91 Å². The fourth-order valence-electron chi connectivity index (χ4n) is 3.69. The van der Waals surface area contributed by atoms with E-state index >= 15 is 0 Å². The van der Waals surface area contributed by atoms with Crippen LogP contribution in [-0.4, -0.2) is 37.7 Å². The molecule has 0 fully saturated rings. The Kier molecular flexibility index (Phi) is 9.79. The number of benzene rings is 2. The molecule has 192 valence electrons. The van der Waals surface area contributed by atoms with E-state index in [0.717, 1.165) is 6.04 Å². The topological polar surface area (TPSA) is 69.6 Å². The summed E-state index contributed by atoms with van der Waals surface area (Å²) in [6.07, 6.45) is 3.55. The molecule has 0 unspecified atom stereocenters. The number of carbonyl (C=O) groups is 2. The second-order valence-electron chi connectivity index (χ2n) is 9.56. The van der Waals surface area contributed by atoms with Gasteiger partial charge in [0.25, 0.3) is 0 Å². The Hall–Kier alpha value is -2.58. The molecule has 36 heavy (non-hydrogen) atoms. The zero-order chi connectivity index (χ0) is 26.3. The van der Waals surface area contributed by atoms with Crippen molar-refractivity contribution >= 4 is 65.8 Å². The summed E-state index contributed by atoms with van der Waals surface area (Å²) in [4.78, 5) is 25.5. The van der Waals surface area contributed by atoms with Gasteiger partial charge in [-0.3, -0.25) is 4.79 Å². The molecule has 1 heterocycles. The summed E-state index contributed by atoms with van der Waals surface area (Å²) in [5.74, 6) is -0.675. The van der Waals surface area contributed by atoms with Crippen LogP contribution in [0, 0.1) is 0 Å². The molecular formula is C27H32Cl2N2O4Si. The Morgan fingerprint density at radius 2 is 1.83 bits per heavy atom. The lowest BCUT2D eigenvalue weighted by molar-refractivity contribution is -0.115. The van der Waals surface area contributed by atoms with Crippen molar-refractivity contribution < 1.29 is 19.1 Å². The lowest BCUT2D eigenvalue weighted by Crippen LogP contribution is -2.22. The normalized spacial score (nSPS) is 11.8. The maximum atomic E-state index is 13.1. The van der Waals surface area contributed by atoms with Crippen molar-refractivity contribution in [3.8, 4) is 0 Å². The largest absolute Gasteiger partial charge is 0.461 e. The highest BCUT2D eigenvalue weighted by atomic mass is 35.5. The third kappa shape index (κ3) is 7.46. The van der Waals surface area contributed by atoms with Gasteiger partial charge in [-0.25, -0.2) is 4.79 Å². The van der Waals surface area contributed by atoms with Crippen LogP contribution in [0.4, 0.5) is 5.69 Å². The maximum Gasteiger partial charge on any atom is 0.355 e. The summed E-state index contributed by atoms with van der Waals surface area (Å²) in [5, 5.41) is 4.34. The third-order valence-electron chi connectivity index (χ3n) is 5.45. The van der Waals surface area contributed by atoms with E-state index in [9.17, 15) is 9.59 Å². The molecule has 0 radical (unpaired) electrons. The smallest absolute Gasteiger partial charge is 0.355 e. The standard InChI is InChI=1S/C27H32Cl2N2O4Si/c1-5-35-27(33)26-21(12-9-13-24(32)30-20-10-7-6-8-11-20)25-22(29)16-19(28)17-23(25)31(26)18-34-14-15-36(2,3)4/h6-12,16-17H,5,13-15,18H2,1-4H3,(H,30,32). The average Bonchev–Trinajstić information content (AvgIpc) is 3.10. The van der Waals surface area contributed by atoms with Crippen LogP contribution >= 0.6 is 23.2 Å². The van der Waals surface area contributed by atoms with Crippen LogP contribution in [0.25, 0.3) is 17.0 Å². The number of ether oxygens (including phenoxy) is 2. The molecule has 1 amide bonds. The number of hydrogen-bond acceptors (Lipinski definition) is 4. The lowest BCUT2D eigenvalue weighted by atomic mass is 10.1. The fourth-order valence-corrected chi connectivity index (χ4v) is 5.03. The molecule has 2 aromatic carbocycles. The zero-order valence-corrected chi connectivity index (χ0v) is 23.6. The number of halogens is 2. The number of carbonyl (C=O) groups excluding carboxylic acids is 2. The highest BCUT2D eigenvalue weighted by Gasteiger charge is 2.25. The van der Waals surface area contributed by atoms with Crippen molar-refractivity contribution in [3.05, 3.63) is 69.8 Å². The van der Waals surface area contributed by atoms with Crippen LogP contribution in [0.15, 0.2) is 48.5 Å². The van der Waals surface area contributed by atoms with E-state index < -0.39 is 14.0 Å². The van der Waals surface area contributed by atoms with Gasteiger partial charge in [0.05, 0.1) is 17.1 Å².